The van der Waals surface area contributed by atoms with Crippen LogP contribution >= 0.6 is 0 Å². The molecule has 1 spiro atoms. The minimum Gasteiger partial charge on any atom is -0.504 e. The molecule has 2 aliphatic heterocycles. The predicted molar refractivity (Wildman–Crippen MR) is 133 cm³/mol. The fraction of sp³-hybridized carbons (Fsp3) is 0.387. The Morgan fingerprint density at radius 3 is 2.26 bits per heavy atom. The van der Waals surface area contributed by atoms with E-state index in [4.69, 9.17) is 4.74 Å². The number of hydrogen-bond acceptors (Lipinski definition) is 4. The SMILES string of the molecule is O=C1[C@@H]2Oc3c(O)ccc4c3[C@@]23CCN(C2CC2)[C@H](C4)C3CC1(c1ccccc1)c1ccccc1. The van der Waals surface area contributed by atoms with Crippen LogP contribution in [-0.4, -0.2) is 40.5 Å². The first-order valence-corrected chi connectivity index (χ1v) is 13.1. The van der Waals surface area contributed by atoms with Crippen LogP contribution in [0.3, 0.4) is 0 Å². The molecule has 3 aliphatic carbocycles. The van der Waals surface area contributed by atoms with Crippen LogP contribution in [0.1, 0.15) is 47.9 Å². The van der Waals surface area contributed by atoms with E-state index in [9.17, 15) is 9.90 Å². The van der Waals surface area contributed by atoms with Gasteiger partial charge >= 0.3 is 0 Å². The highest BCUT2D eigenvalue weighted by molar-refractivity contribution is 6.01. The van der Waals surface area contributed by atoms with Gasteiger partial charge in [-0.1, -0.05) is 66.7 Å². The zero-order valence-corrected chi connectivity index (χ0v) is 19.7. The number of aromatic hydroxyl groups is 1. The van der Waals surface area contributed by atoms with Crippen LogP contribution in [0.15, 0.2) is 72.8 Å². The van der Waals surface area contributed by atoms with Gasteiger partial charge in [0.2, 0.25) is 0 Å². The van der Waals surface area contributed by atoms with Crippen molar-refractivity contribution in [1.82, 2.24) is 4.90 Å². The Kier molecular flexibility index (Phi) is 3.89. The molecule has 3 aromatic carbocycles. The quantitative estimate of drug-likeness (QED) is 0.609. The number of piperidine rings is 1. The van der Waals surface area contributed by atoms with Crippen LogP contribution in [0.5, 0.6) is 11.5 Å². The summed E-state index contributed by atoms with van der Waals surface area (Å²) in [5, 5.41) is 10.9. The van der Waals surface area contributed by atoms with Gasteiger partial charge in [-0.2, -0.15) is 0 Å². The summed E-state index contributed by atoms with van der Waals surface area (Å²) < 4.78 is 6.61. The van der Waals surface area contributed by atoms with E-state index in [1.54, 1.807) is 6.07 Å². The van der Waals surface area contributed by atoms with Crippen molar-refractivity contribution in [3.63, 3.8) is 0 Å². The number of ether oxygens (including phenoxy) is 1. The molecular formula is C31H29NO3. The molecule has 4 nitrogen and oxygen atoms in total. The third-order valence-electron chi connectivity index (χ3n) is 9.89. The van der Waals surface area contributed by atoms with Crippen molar-refractivity contribution in [3.8, 4) is 11.5 Å². The number of carbonyl (C=O) groups excluding carboxylic acids is 1. The number of nitrogens with zero attached hydrogens (tertiary/aromatic N) is 1. The second kappa shape index (κ2) is 6.76. The molecule has 1 N–H and O–H groups in total. The number of hydrogen-bond donors (Lipinski definition) is 1. The summed E-state index contributed by atoms with van der Waals surface area (Å²) >= 11 is 0. The normalized spacial score (nSPS) is 32.1. The molecule has 4 heteroatoms. The maximum Gasteiger partial charge on any atom is 0.189 e. The molecule has 176 valence electrons. The number of carbonyl (C=O) groups is 1. The Labute approximate surface area is 205 Å². The van der Waals surface area contributed by atoms with Gasteiger partial charge in [-0.15, -0.1) is 0 Å². The van der Waals surface area contributed by atoms with E-state index in [0.717, 1.165) is 42.5 Å². The minimum atomic E-state index is -0.763. The maximum atomic E-state index is 14.9. The largest absolute Gasteiger partial charge is 0.504 e. The van der Waals surface area contributed by atoms with Crippen molar-refractivity contribution >= 4 is 5.78 Å². The number of rotatable bonds is 3. The molecule has 1 saturated heterocycles. The number of likely N-dealkylation sites (tertiary alicyclic amines) is 1. The fourth-order valence-electron chi connectivity index (χ4n) is 8.38. The summed E-state index contributed by atoms with van der Waals surface area (Å²) in [4.78, 5) is 17.7. The average Bonchev–Trinajstić information content (AvgIpc) is 3.67. The number of benzene rings is 3. The Hall–Kier alpha value is -3.11. The number of phenols is 1. The highest BCUT2D eigenvalue weighted by atomic mass is 16.5. The minimum absolute atomic E-state index is 0.147. The topological polar surface area (TPSA) is 49.8 Å². The van der Waals surface area contributed by atoms with E-state index >= 15 is 0 Å². The first kappa shape index (κ1) is 20.1. The van der Waals surface area contributed by atoms with Gasteiger partial charge in [0.1, 0.15) is 0 Å². The molecule has 0 aromatic heterocycles. The summed E-state index contributed by atoms with van der Waals surface area (Å²) in [6.45, 7) is 1.01. The van der Waals surface area contributed by atoms with Gasteiger partial charge in [0.25, 0.3) is 0 Å². The van der Waals surface area contributed by atoms with Crippen molar-refractivity contribution in [2.45, 2.75) is 61.1 Å². The highest BCUT2D eigenvalue weighted by Crippen LogP contribution is 2.67. The van der Waals surface area contributed by atoms with Gasteiger partial charge in [-0.3, -0.25) is 9.69 Å². The fourth-order valence-corrected chi connectivity index (χ4v) is 8.38. The van der Waals surface area contributed by atoms with Gasteiger partial charge in [-0.05, 0) is 67.3 Å². The van der Waals surface area contributed by atoms with Crippen LogP contribution in [0, 0.1) is 5.92 Å². The zero-order chi connectivity index (χ0) is 23.4. The van der Waals surface area contributed by atoms with E-state index in [-0.39, 0.29) is 22.9 Å². The molecule has 0 radical (unpaired) electrons. The molecule has 1 unspecified atom stereocenters. The van der Waals surface area contributed by atoms with E-state index in [1.807, 2.05) is 36.4 Å². The molecule has 0 amide bonds. The van der Waals surface area contributed by atoms with Crippen molar-refractivity contribution in [2.75, 3.05) is 6.54 Å². The molecular weight excluding hydrogens is 434 g/mol. The van der Waals surface area contributed by atoms with Crippen molar-refractivity contribution in [2.24, 2.45) is 5.92 Å². The van der Waals surface area contributed by atoms with E-state index in [0.29, 0.717) is 17.8 Å². The van der Waals surface area contributed by atoms with Gasteiger partial charge in [0.15, 0.2) is 23.4 Å². The second-order valence-corrected chi connectivity index (χ2v) is 11.3. The smallest absolute Gasteiger partial charge is 0.189 e. The predicted octanol–water partition coefficient (Wildman–Crippen LogP) is 4.76. The van der Waals surface area contributed by atoms with Crippen LogP contribution in [-0.2, 0) is 22.0 Å². The number of ketones is 1. The lowest BCUT2D eigenvalue weighted by Gasteiger charge is -2.61. The summed E-state index contributed by atoms with van der Waals surface area (Å²) in [5.41, 5.74) is 3.41. The molecule has 2 bridgehead atoms. The second-order valence-electron chi connectivity index (χ2n) is 11.3. The third kappa shape index (κ3) is 2.39. The molecule has 8 rings (SSSR count). The monoisotopic (exact) mass is 463 g/mol. The molecule has 3 fully saturated rings. The van der Waals surface area contributed by atoms with E-state index in [1.165, 1.54) is 18.4 Å². The lowest BCUT2D eigenvalue weighted by Crippen LogP contribution is -2.70. The van der Waals surface area contributed by atoms with Crippen LogP contribution < -0.4 is 4.74 Å². The molecule has 3 aromatic rings. The summed E-state index contributed by atoms with van der Waals surface area (Å²) in [6.07, 6.45) is 4.66. The van der Waals surface area contributed by atoms with Gasteiger partial charge < -0.3 is 9.84 Å². The van der Waals surface area contributed by atoms with Crippen LogP contribution in [0.4, 0.5) is 0 Å². The van der Waals surface area contributed by atoms with Crippen molar-refractivity contribution in [3.05, 3.63) is 95.1 Å². The van der Waals surface area contributed by atoms with Crippen LogP contribution in [0.2, 0.25) is 0 Å². The van der Waals surface area contributed by atoms with E-state index < -0.39 is 11.5 Å². The Morgan fingerprint density at radius 1 is 0.914 bits per heavy atom. The summed E-state index contributed by atoms with van der Waals surface area (Å²) in [6, 6.07) is 25.6. The molecule has 2 heterocycles. The highest BCUT2D eigenvalue weighted by Gasteiger charge is 2.71. The lowest BCUT2D eigenvalue weighted by atomic mass is 9.45. The van der Waals surface area contributed by atoms with Gasteiger partial charge in [-0.25, -0.2) is 0 Å². The molecule has 5 aliphatic rings. The Balaban J connectivity index is 1.40. The van der Waals surface area contributed by atoms with E-state index in [2.05, 4.69) is 35.2 Å². The third-order valence-corrected chi connectivity index (χ3v) is 9.89. The van der Waals surface area contributed by atoms with Gasteiger partial charge in [0, 0.05) is 23.1 Å². The molecule has 4 atom stereocenters. The number of Topliss-reactive ketones (excluding diaryl/α,β-unsaturated/α-hetero) is 1. The van der Waals surface area contributed by atoms with Crippen molar-refractivity contribution in [1.29, 1.82) is 0 Å². The van der Waals surface area contributed by atoms with Gasteiger partial charge in [0.05, 0.1) is 5.41 Å². The van der Waals surface area contributed by atoms with Crippen LogP contribution in [0.25, 0.3) is 0 Å². The Morgan fingerprint density at radius 2 is 1.60 bits per heavy atom. The summed E-state index contributed by atoms with van der Waals surface area (Å²) in [7, 11) is 0. The average molecular weight is 464 g/mol. The number of phenolic OH excluding ortho intramolecular Hbond substituents is 1. The molecule has 2 saturated carbocycles. The Bertz CT molecular complexity index is 1310. The first-order chi connectivity index (χ1) is 17.1. The zero-order valence-electron chi connectivity index (χ0n) is 19.7. The summed E-state index contributed by atoms with van der Waals surface area (Å²) in [5.74, 6) is 1.18. The maximum absolute atomic E-state index is 14.9. The lowest BCUT2D eigenvalue weighted by molar-refractivity contribution is -0.146. The first-order valence-electron chi connectivity index (χ1n) is 13.1. The standard InChI is InChI=1S/C31H29NO3/c33-25-14-11-19-17-24-23-18-31(20-7-3-1-4-8-20,21-9-5-2-6-10-21)28(34)29-30(23,26(19)27(25)35-29)15-16-32(24)22-12-13-22/h1-11,14,22-24,29,33H,12-13,15-18H2/t23?,24-,29+,30+/m1/s1. The molecule has 35 heavy (non-hydrogen) atoms. The van der Waals surface area contributed by atoms with Crippen molar-refractivity contribution < 1.29 is 14.6 Å².